The zero-order valence-electron chi connectivity index (χ0n) is 16.1. The molecule has 142 valence electrons. The first-order valence-corrected chi connectivity index (χ1v) is 9.51. The molecule has 0 saturated carbocycles. The summed E-state index contributed by atoms with van der Waals surface area (Å²) < 4.78 is 0. The molecule has 2 amide bonds. The van der Waals surface area contributed by atoms with Gasteiger partial charge < -0.3 is 14.7 Å². The molecule has 1 saturated heterocycles. The normalized spacial score (nSPS) is 14.8. The molecule has 1 aliphatic rings. The summed E-state index contributed by atoms with van der Waals surface area (Å²) in [5.41, 5.74) is 3.12. The van der Waals surface area contributed by atoms with Crippen LogP contribution in [-0.4, -0.2) is 61.4 Å². The summed E-state index contributed by atoms with van der Waals surface area (Å²) in [5.74, 6) is 0.230. The minimum absolute atomic E-state index is 0.0812. The van der Waals surface area contributed by atoms with Gasteiger partial charge in [-0.25, -0.2) is 0 Å². The van der Waals surface area contributed by atoms with E-state index in [0.29, 0.717) is 26.2 Å². The minimum Gasteiger partial charge on any atom is -0.337 e. The molecule has 27 heavy (non-hydrogen) atoms. The Morgan fingerprint density at radius 3 is 2.30 bits per heavy atom. The fourth-order valence-electron chi connectivity index (χ4n) is 3.45. The van der Waals surface area contributed by atoms with Gasteiger partial charge in [-0.2, -0.15) is 0 Å². The van der Waals surface area contributed by atoms with Crippen molar-refractivity contribution < 1.29 is 14.5 Å². The number of hydrogen-bond donors (Lipinski definition) is 1. The molecule has 1 N–H and O–H groups in total. The molecule has 0 aromatic heterocycles. The van der Waals surface area contributed by atoms with Crippen molar-refractivity contribution in [3.8, 4) is 0 Å². The van der Waals surface area contributed by atoms with Crippen LogP contribution < -0.4 is 4.90 Å². The molecule has 5 heteroatoms. The van der Waals surface area contributed by atoms with Gasteiger partial charge in [0.25, 0.3) is 11.8 Å². The van der Waals surface area contributed by atoms with Crippen LogP contribution in [0.1, 0.15) is 21.5 Å². The van der Waals surface area contributed by atoms with E-state index in [1.165, 1.54) is 16.0 Å². The van der Waals surface area contributed by atoms with Crippen molar-refractivity contribution >= 4 is 11.8 Å². The first kappa shape index (κ1) is 19.1. The third-order valence-electron chi connectivity index (χ3n) is 5.27. The number of hydrogen-bond acceptors (Lipinski definition) is 2. The molecule has 2 aromatic rings. The molecule has 0 bridgehead atoms. The Bertz CT molecular complexity index is 783. The van der Waals surface area contributed by atoms with E-state index in [9.17, 15) is 9.59 Å². The van der Waals surface area contributed by atoms with Crippen LogP contribution in [0.3, 0.4) is 0 Å². The van der Waals surface area contributed by atoms with Crippen molar-refractivity contribution in [3.05, 3.63) is 71.3 Å². The van der Waals surface area contributed by atoms with Crippen LogP contribution >= 0.6 is 0 Å². The zero-order chi connectivity index (χ0) is 19.2. The number of aryl methyl sites for hydroxylation is 1. The highest BCUT2D eigenvalue weighted by atomic mass is 16.2. The third kappa shape index (κ3) is 4.95. The van der Waals surface area contributed by atoms with E-state index in [2.05, 4.69) is 19.1 Å². The smallest absolute Gasteiger partial charge is 0.277 e. The highest BCUT2D eigenvalue weighted by Gasteiger charge is 2.26. The van der Waals surface area contributed by atoms with E-state index in [1.807, 2.05) is 54.4 Å². The lowest BCUT2D eigenvalue weighted by Crippen LogP contribution is -3.15. The van der Waals surface area contributed by atoms with Crippen LogP contribution in [0.15, 0.2) is 54.6 Å². The summed E-state index contributed by atoms with van der Waals surface area (Å²) in [6, 6.07) is 17.6. The van der Waals surface area contributed by atoms with Gasteiger partial charge in [-0.05, 0) is 30.2 Å². The van der Waals surface area contributed by atoms with Gasteiger partial charge in [0.15, 0.2) is 6.54 Å². The zero-order valence-corrected chi connectivity index (χ0v) is 16.1. The van der Waals surface area contributed by atoms with Crippen LogP contribution in [0.2, 0.25) is 0 Å². The third-order valence-corrected chi connectivity index (χ3v) is 5.27. The number of nitrogens with zero attached hydrogens (tertiary/aromatic N) is 2. The maximum atomic E-state index is 12.6. The predicted octanol–water partition coefficient (Wildman–Crippen LogP) is 0.994. The summed E-state index contributed by atoms with van der Waals surface area (Å²) in [4.78, 5) is 30.0. The Hall–Kier alpha value is -2.66. The second kappa shape index (κ2) is 8.82. The lowest BCUT2D eigenvalue weighted by molar-refractivity contribution is -0.896. The van der Waals surface area contributed by atoms with E-state index in [4.69, 9.17) is 0 Å². The van der Waals surface area contributed by atoms with Crippen LogP contribution in [-0.2, 0) is 11.3 Å². The summed E-state index contributed by atoms with van der Waals surface area (Å²) in [7, 11) is 1.86. The topological polar surface area (TPSA) is 45.1 Å². The van der Waals surface area contributed by atoms with Gasteiger partial charge >= 0.3 is 0 Å². The van der Waals surface area contributed by atoms with Crippen molar-refractivity contribution in [2.24, 2.45) is 0 Å². The Morgan fingerprint density at radius 1 is 1.00 bits per heavy atom. The van der Waals surface area contributed by atoms with E-state index < -0.39 is 0 Å². The number of nitrogens with one attached hydrogen (secondary N) is 1. The summed E-state index contributed by atoms with van der Waals surface area (Å²) in [6.07, 6.45) is 0. The molecular weight excluding hydrogens is 338 g/mol. The fourth-order valence-corrected chi connectivity index (χ4v) is 3.45. The molecule has 0 atom stereocenters. The Labute approximate surface area is 161 Å². The lowest BCUT2D eigenvalue weighted by atomic mass is 10.1. The molecule has 5 nitrogen and oxygen atoms in total. The average Bonchev–Trinajstić information content (AvgIpc) is 2.70. The summed E-state index contributed by atoms with van der Waals surface area (Å²) in [5, 5.41) is 0. The van der Waals surface area contributed by atoms with Gasteiger partial charge in [0.1, 0.15) is 0 Å². The molecule has 0 unspecified atom stereocenters. The number of benzene rings is 2. The second-order valence-electron chi connectivity index (χ2n) is 7.26. The predicted molar refractivity (Wildman–Crippen MR) is 106 cm³/mol. The maximum Gasteiger partial charge on any atom is 0.277 e. The van der Waals surface area contributed by atoms with E-state index in [-0.39, 0.29) is 11.8 Å². The summed E-state index contributed by atoms with van der Waals surface area (Å²) in [6.45, 7) is 6.19. The molecule has 3 rings (SSSR count). The fraction of sp³-hybridized carbons (Fsp3) is 0.364. The number of piperazine rings is 1. The number of carbonyl (C=O) groups is 2. The van der Waals surface area contributed by atoms with Crippen LogP contribution in [0.25, 0.3) is 0 Å². The summed E-state index contributed by atoms with van der Waals surface area (Å²) >= 11 is 0. The van der Waals surface area contributed by atoms with Crippen molar-refractivity contribution in [2.45, 2.75) is 13.5 Å². The van der Waals surface area contributed by atoms with E-state index in [1.54, 1.807) is 4.90 Å². The first-order chi connectivity index (χ1) is 13.0. The highest BCUT2D eigenvalue weighted by Crippen LogP contribution is 2.09. The first-order valence-electron chi connectivity index (χ1n) is 9.51. The Morgan fingerprint density at radius 2 is 1.63 bits per heavy atom. The minimum atomic E-state index is 0.0812. The molecular formula is C22H28N3O2+. The van der Waals surface area contributed by atoms with Crippen molar-refractivity contribution in [1.29, 1.82) is 0 Å². The van der Waals surface area contributed by atoms with Crippen LogP contribution in [0, 0.1) is 6.92 Å². The average molecular weight is 366 g/mol. The Balaban J connectivity index is 1.48. The maximum absolute atomic E-state index is 12.6. The number of amides is 2. The number of rotatable bonds is 5. The van der Waals surface area contributed by atoms with Crippen LogP contribution in [0.4, 0.5) is 0 Å². The van der Waals surface area contributed by atoms with E-state index in [0.717, 1.165) is 18.7 Å². The van der Waals surface area contributed by atoms with Crippen molar-refractivity contribution in [2.75, 3.05) is 39.8 Å². The standard InChI is InChI=1S/C22H27N3O2/c1-18-8-6-7-11-20(18)16-23(2)21(26)17-24-12-14-25(15-13-24)22(27)19-9-4-3-5-10-19/h3-11H,12-17H2,1-2H3/p+1. The van der Waals surface area contributed by atoms with Crippen molar-refractivity contribution in [3.63, 3.8) is 0 Å². The van der Waals surface area contributed by atoms with Gasteiger partial charge in [0.2, 0.25) is 0 Å². The van der Waals surface area contributed by atoms with Crippen LogP contribution in [0.5, 0.6) is 0 Å². The van der Waals surface area contributed by atoms with Gasteiger partial charge in [0, 0.05) is 19.2 Å². The Kier molecular flexibility index (Phi) is 6.24. The number of carbonyl (C=O) groups excluding carboxylic acids is 2. The second-order valence-corrected chi connectivity index (χ2v) is 7.26. The van der Waals surface area contributed by atoms with Gasteiger partial charge in [-0.3, -0.25) is 9.59 Å². The number of likely N-dealkylation sites (N-methyl/N-ethyl adjacent to an activating group) is 1. The monoisotopic (exact) mass is 366 g/mol. The van der Waals surface area contributed by atoms with E-state index >= 15 is 0 Å². The molecule has 0 aliphatic carbocycles. The number of quaternary nitrogens is 1. The highest BCUT2D eigenvalue weighted by molar-refractivity contribution is 5.94. The largest absolute Gasteiger partial charge is 0.337 e. The molecule has 1 aliphatic heterocycles. The molecule has 0 radical (unpaired) electrons. The molecule has 0 spiro atoms. The van der Waals surface area contributed by atoms with Gasteiger partial charge in [-0.15, -0.1) is 0 Å². The lowest BCUT2D eigenvalue weighted by Gasteiger charge is -2.32. The van der Waals surface area contributed by atoms with Gasteiger partial charge in [0.05, 0.1) is 26.2 Å². The molecule has 1 heterocycles. The molecule has 1 fully saturated rings. The van der Waals surface area contributed by atoms with Crippen molar-refractivity contribution in [1.82, 2.24) is 9.80 Å². The molecule has 2 aromatic carbocycles. The van der Waals surface area contributed by atoms with Gasteiger partial charge in [-0.1, -0.05) is 42.5 Å². The quantitative estimate of drug-likeness (QED) is 0.858. The SMILES string of the molecule is Cc1ccccc1CN(C)C(=O)C[NH+]1CCN(C(=O)c2ccccc2)CC1.